The number of unbranched alkanes of at least 4 members (excludes halogenated alkanes) is 17. The average molecular weight is 773 g/mol. The van der Waals surface area contributed by atoms with E-state index in [1.54, 1.807) is 0 Å². The van der Waals surface area contributed by atoms with Gasteiger partial charge in [0, 0.05) is 19.3 Å². The van der Waals surface area contributed by atoms with Crippen LogP contribution in [0.25, 0.3) is 0 Å². The van der Waals surface area contributed by atoms with Gasteiger partial charge in [-0.1, -0.05) is 152 Å². The Bertz CT molecular complexity index is 1090. The summed E-state index contributed by atoms with van der Waals surface area (Å²) in [5, 5.41) is 9.61. The van der Waals surface area contributed by atoms with Crippen molar-refractivity contribution in [2.75, 3.05) is 41.0 Å². The third-order valence-electron chi connectivity index (χ3n) is 9.49. The van der Waals surface area contributed by atoms with E-state index in [1.807, 2.05) is 27.2 Å². The number of likely N-dealkylation sites (N-methyl/N-ethyl adjacent to an activating group) is 1. The van der Waals surface area contributed by atoms with Crippen molar-refractivity contribution >= 4 is 17.9 Å². The summed E-state index contributed by atoms with van der Waals surface area (Å²) in [5.74, 6) is -1.52. The summed E-state index contributed by atoms with van der Waals surface area (Å²) in [6, 6.07) is -0.622. The van der Waals surface area contributed by atoms with Gasteiger partial charge in [-0.15, -0.1) is 0 Å². The smallest absolute Gasteiger partial charge is 0.362 e. The second kappa shape index (κ2) is 37.9. The molecule has 0 saturated carbocycles. The highest BCUT2D eigenvalue weighted by Gasteiger charge is 2.31. The third-order valence-corrected chi connectivity index (χ3v) is 9.49. The normalized spacial score (nSPS) is 13.5. The lowest BCUT2D eigenvalue weighted by Gasteiger charge is -2.31. The number of carbonyl (C=O) groups excluding carboxylic acids is 2. The van der Waals surface area contributed by atoms with Crippen LogP contribution in [0.3, 0.4) is 0 Å². The summed E-state index contributed by atoms with van der Waals surface area (Å²) >= 11 is 0. The number of esters is 2. The monoisotopic (exact) mass is 773 g/mol. The van der Waals surface area contributed by atoms with Crippen molar-refractivity contribution in [1.29, 1.82) is 0 Å². The largest absolute Gasteiger partial charge is 0.477 e. The summed E-state index contributed by atoms with van der Waals surface area (Å²) in [6.45, 7) is 4.55. The molecule has 0 saturated heterocycles. The molecule has 2 unspecified atom stereocenters. The predicted octanol–water partition coefficient (Wildman–Crippen LogP) is 11.8. The van der Waals surface area contributed by atoms with Crippen molar-refractivity contribution in [2.45, 2.75) is 180 Å². The molecule has 0 radical (unpaired) electrons. The topological polar surface area (TPSA) is 99.1 Å². The minimum atomic E-state index is -0.883. The van der Waals surface area contributed by atoms with E-state index in [0.29, 0.717) is 19.3 Å². The molecule has 0 heterocycles. The number of carboxylic acid groups (broad SMARTS) is 1. The molecule has 8 nitrogen and oxygen atoms in total. The first-order valence-corrected chi connectivity index (χ1v) is 21.9. The Morgan fingerprint density at radius 2 is 1.02 bits per heavy atom. The number of carbonyl (C=O) groups is 3. The zero-order chi connectivity index (χ0) is 40.7. The Hall–Kier alpha value is -2.97. The summed E-state index contributed by atoms with van der Waals surface area (Å²) in [4.78, 5) is 36.9. The number of hydrogen-bond donors (Lipinski definition) is 1. The first-order valence-electron chi connectivity index (χ1n) is 21.9. The third kappa shape index (κ3) is 36.4. The van der Waals surface area contributed by atoms with E-state index in [-0.39, 0.29) is 36.2 Å². The number of allylic oxidation sites excluding steroid dienone is 10. The standard InChI is InChI=1S/C47H81NO7/c1-6-8-10-12-14-16-18-20-21-22-23-24-26-28-30-32-34-36-38-46(50)55-43(41-53-40-39-44(47(51)52)48(3,4)5)42-54-45(49)37-35-33-31-29-27-25-19-17-15-13-11-9-7-2/h9,11,13,15,17,19,21-24,43-44H,6-8,10,12,14,16,18,20,25-42H2,1-5H3/p+1/b11-9+,15-13+,19-17+,22-21+,24-23+. The van der Waals surface area contributed by atoms with Crippen LogP contribution in [0.15, 0.2) is 60.8 Å². The van der Waals surface area contributed by atoms with Gasteiger partial charge in [0.05, 0.1) is 34.4 Å². The zero-order valence-corrected chi connectivity index (χ0v) is 35.9. The number of nitrogens with zero attached hydrogens (tertiary/aromatic N) is 1. The number of aliphatic carboxylic acids is 1. The van der Waals surface area contributed by atoms with E-state index in [4.69, 9.17) is 14.2 Å². The van der Waals surface area contributed by atoms with Gasteiger partial charge in [-0.05, 0) is 57.8 Å². The first-order chi connectivity index (χ1) is 26.6. The van der Waals surface area contributed by atoms with Crippen LogP contribution in [0.1, 0.15) is 168 Å². The minimum Gasteiger partial charge on any atom is -0.477 e. The lowest BCUT2D eigenvalue weighted by Crippen LogP contribution is -2.50. The molecule has 0 aromatic heterocycles. The Morgan fingerprint density at radius 1 is 0.564 bits per heavy atom. The molecule has 0 aromatic rings. The molecule has 8 heteroatoms. The highest BCUT2D eigenvalue weighted by Crippen LogP contribution is 2.13. The minimum absolute atomic E-state index is 0.0456. The molecule has 0 aliphatic carbocycles. The molecule has 55 heavy (non-hydrogen) atoms. The summed E-state index contributed by atoms with van der Waals surface area (Å²) in [7, 11) is 5.51. The van der Waals surface area contributed by atoms with Crippen molar-refractivity contribution in [3.8, 4) is 0 Å². The van der Waals surface area contributed by atoms with Crippen LogP contribution >= 0.6 is 0 Å². The van der Waals surface area contributed by atoms with Gasteiger partial charge in [-0.3, -0.25) is 9.59 Å². The molecule has 1 N–H and O–H groups in total. The number of ether oxygens (including phenoxy) is 3. The molecule has 0 fully saturated rings. The van der Waals surface area contributed by atoms with Crippen LogP contribution in [0.5, 0.6) is 0 Å². The Kier molecular flexibility index (Phi) is 35.9. The van der Waals surface area contributed by atoms with Crippen molar-refractivity contribution in [3.05, 3.63) is 60.8 Å². The highest BCUT2D eigenvalue weighted by molar-refractivity contribution is 5.72. The lowest BCUT2D eigenvalue weighted by molar-refractivity contribution is -0.887. The van der Waals surface area contributed by atoms with Gasteiger partial charge in [-0.25, -0.2) is 4.79 Å². The summed E-state index contributed by atoms with van der Waals surface area (Å²) in [5.41, 5.74) is 0. The van der Waals surface area contributed by atoms with Gasteiger partial charge < -0.3 is 23.8 Å². The van der Waals surface area contributed by atoms with Gasteiger partial charge in [0.25, 0.3) is 0 Å². The van der Waals surface area contributed by atoms with Crippen LogP contribution in [0.2, 0.25) is 0 Å². The van der Waals surface area contributed by atoms with Crippen molar-refractivity contribution in [2.24, 2.45) is 0 Å². The van der Waals surface area contributed by atoms with E-state index in [9.17, 15) is 19.5 Å². The number of rotatable bonds is 38. The van der Waals surface area contributed by atoms with Gasteiger partial charge in [0.1, 0.15) is 6.61 Å². The Balaban J connectivity index is 4.41. The number of hydrogen-bond acceptors (Lipinski definition) is 6. The molecular formula is C47H82NO7+. The molecule has 0 amide bonds. The summed E-state index contributed by atoms with van der Waals surface area (Å²) in [6.07, 6.45) is 45.5. The molecule has 0 bridgehead atoms. The quantitative estimate of drug-likeness (QED) is 0.0289. The van der Waals surface area contributed by atoms with E-state index in [0.717, 1.165) is 83.5 Å². The van der Waals surface area contributed by atoms with Gasteiger partial charge >= 0.3 is 17.9 Å². The second-order valence-corrected chi connectivity index (χ2v) is 15.7. The zero-order valence-electron chi connectivity index (χ0n) is 35.9. The first kappa shape index (κ1) is 52.0. The van der Waals surface area contributed by atoms with Gasteiger partial charge in [0.2, 0.25) is 0 Å². The molecule has 0 rings (SSSR count). The Labute approximate surface area is 337 Å². The number of carboxylic acids is 1. The molecule has 0 spiro atoms. The maximum atomic E-state index is 12.7. The Morgan fingerprint density at radius 3 is 1.51 bits per heavy atom. The highest BCUT2D eigenvalue weighted by atomic mass is 16.6. The van der Waals surface area contributed by atoms with Gasteiger partial charge in [-0.2, -0.15) is 0 Å². The van der Waals surface area contributed by atoms with Crippen molar-refractivity contribution in [1.82, 2.24) is 0 Å². The SMILES string of the molecule is CC/C=C/C=C/C=C/CCCCCCCC(=O)OCC(COCCC(C(=O)O)[N+](C)(C)C)OC(=O)CCCCCCC/C=C/C=C/CCCCCCCCC. The van der Waals surface area contributed by atoms with Crippen LogP contribution in [0.4, 0.5) is 0 Å². The molecule has 0 aliphatic rings. The van der Waals surface area contributed by atoms with Crippen LogP contribution in [0, 0.1) is 0 Å². The predicted molar refractivity (Wildman–Crippen MR) is 229 cm³/mol. The molecule has 2 atom stereocenters. The fourth-order valence-electron chi connectivity index (χ4n) is 6.08. The molecule has 0 aliphatic heterocycles. The maximum absolute atomic E-state index is 12.7. The van der Waals surface area contributed by atoms with Crippen LogP contribution in [-0.4, -0.2) is 80.6 Å². The fraction of sp³-hybridized carbons (Fsp3) is 0.723. The fourth-order valence-corrected chi connectivity index (χ4v) is 6.08. The number of quaternary nitrogens is 1. The molecule has 316 valence electrons. The lowest BCUT2D eigenvalue weighted by atomic mass is 10.1. The van der Waals surface area contributed by atoms with Crippen LogP contribution < -0.4 is 0 Å². The summed E-state index contributed by atoms with van der Waals surface area (Å²) < 4.78 is 17.2. The van der Waals surface area contributed by atoms with Crippen LogP contribution in [-0.2, 0) is 28.6 Å². The van der Waals surface area contributed by atoms with E-state index >= 15 is 0 Å². The van der Waals surface area contributed by atoms with E-state index in [2.05, 4.69) is 68.5 Å². The van der Waals surface area contributed by atoms with Crippen molar-refractivity contribution < 1.29 is 38.2 Å². The van der Waals surface area contributed by atoms with E-state index in [1.165, 1.54) is 51.4 Å². The maximum Gasteiger partial charge on any atom is 0.362 e. The molecular weight excluding hydrogens is 691 g/mol. The van der Waals surface area contributed by atoms with E-state index < -0.39 is 18.1 Å². The molecule has 0 aromatic carbocycles. The average Bonchev–Trinajstić information content (AvgIpc) is 3.14. The van der Waals surface area contributed by atoms with Crippen molar-refractivity contribution in [3.63, 3.8) is 0 Å². The second-order valence-electron chi connectivity index (χ2n) is 15.7. The van der Waals surface area contributed by atoms with Gasteiger partial charge in [0.15, 0.2) is 12.1 Å².